The van der Waals surface area contributed by atoms with Crippen molar-refractivity contribution in [3.8, 4) is 0 Å². The van der Waals surface area contributed by atoms with Gasteiger partial charge in [-0.3, -0.25) is 0 Å². The fourth-order valence-corrected chi connectivity index (χ4v) is 33.2. The summed E-state index contributed by atoms with van der Waals surface area (Å²) in [5, 5.41) is 0. The van der Waals surface area contributed by atoms with Crippen LogP contribution >= 0.6 is 0 Å². The van der Waals surface area contributed by atoms with Gasteiger partial charge in [0.05, 0.1) is 0 Å². The van der Waals surface area contributed by atoms with E-state index in [0.29, 0.717) is 0 Å². The van der Waals surface area contributed by atoms with Crippen LogP contribution in [0, 0.1) is 0 Å². The Morgan fingerprint density at radius 2 is 0.676 bits per heavy atom. The van der Waals surface area contributed by atoms with E-state index >= 15 is 0 Å². The van der Waals surface area contributed by atoms with Gasteiger partial charge in [-0.1, -0.05) is 82.2 Å². The highest BCUT2D eigenvalue weighted by molar-refractivity contribution is 6.93. The molecule has 0 saturated carbocycles. The minimum Gasteiger partial charge on any atom is -0.436 e. The van der Waals surface area contributed by atoms with E-state index in [1.165, 1.54) is 18.1 Å². The van der Waals surface area contributed by atoms with Gasteiger partial charge in [-0.05, 0) is 72.5 Å². The highest BCUT2D eigenvalue weighted by Crippen LogP contribution is 2.39. The van der Waals surface area contributed by atoms with Crippen molar-refractivity contribution in [2.45, 2.75) is 149 Å². The summed E-state index contributed by atoms with van der Waals surface area (Å²) in [5.74, 6) is 0. The van der Waals surface area contributed by atoms with E-state index in [2.05, 4.69) is 88.8 Å². The SMILES string of the molecule is C=CC[Si](CC)(CC)O[Si](CC)(CC)O[Si](CC)(CC)O[Si](CC)(CC)O[Si](CC)(CC)CC. The van der Waals surface area contributed by atoms with Gasteiger partial charge in [0.25, 0.3) is 0 Å². The molecular weight excluding hydrogens is 505 g/mol. The first-order chi connectivity index (χ1) is 16.1. The number of rotatable bonds is 21. The van der Waals surface area contributed by atoms with Gasteiger partial charge in [-0.15, -0.1) is 6.58 Å². The zero-order valence-corrected chi connectivity index (χ0v) is 29.9. The summed E-state index contributed by atoms with van der Waals surface area (Å²) in [7, 11) is -11.0. The van der Waals surface area contributed by atoms with E-state index < -0.39 is 42.3 Å². The van der Waals surface area contributed by atoms with Gasteiger partial charge in [0.2, 0.25) is 0 Å². The van der Waals surface area contributed by atoms with Gasteiger partial charge >= 0.3 is 25.7 Å². The van der Waals surface area contributed by atoms with Crippen molar-refractivity contribution in [1.29, 1.82) is 0 Å². The maximum Gasteiger partial charge on any atom is 0.320 e. The topological polar surface area (TPSA) is 36.9 Å². The maximum atomic E-state index is 7.41. The van der Waals surface area contributed by atoms with Crippen molar-refractivity contribution >= 4 is 42.3 Å². The third-order valence-corrected chi connectivity index (χ3v) is 34.9. The number of allylic oxidation sites excluding steroid dienone is 1. The molecule has 0 aliphatic carbocycles. The Morgan fingerprint density at radius 1 is 0.412 bits per heavy atom. The Kier molecular flexibility index (Phi) is 16.1. The van der Waals surface area contributed by atoms with Crippen molar-refractivity contribution in [2.24, 2.45) is 0 Å². The highest BCUT2D eigenvalue weighted by Gasteiger charge is 2.54. The monoisotopic (exact) mass is 564 g/mol. The highest BCUT2D eigenvalue weighted by atomic mass is 28.5. The van der Waals surface area contributed by atoms with E-state index in [-0.39, 0.29) is 0 Å². The Bertz CT molecular complexity index is 547. The molecule has 34 heavy (non-hydrogen) atoms. The molecule has 0 aromatic heterocycles. The Morgan fingerprint density at radius 3 is 0.912 bits per heavy atom. The lowest BCUT2D eigenvalue weighted by molar-refractivity contribution is 0.271. The van der Waals surface area contributed by atoms with Crippen LogP contribution in [-0.4, -0.2) is 42.3 Å². The molecule has 0 heterocycles. The molecule has 0 N–H and O–H groups in total. The summed E-state index contributed by atoms with van der Waals surface area (Å²) in [6, 6.07) is 12.6. The van der Waals surface area contributed by atoms with Crippen molar-refractivity contribution in [3.63, 3.8) is 0 Å². The zero-order chi connectivity index (χ0) is 26.5. The minimum atomic E-state index is -2.49. The quantitative estimate of drug-likeness (QED) is 0.103. The molecular formula is C25H60O4Si5. The zero-order valence-electron chi connectivity index (χ0n) is 24.9. The second kappa shape index (κ2) is 15.8. The fraction of sp³-hybridized carbons (Fsp3) is 0.920. The summed E-state index contributed by atoms with van der Waals surface area (Å²) in [5.41, 5.74) is 0. The van der Waals surface area contributed by atoms with E-state index in [4.69, 9.17) is 16.5 Å². The molecule has 9 heteroatoms. The number of hydrogen-bond donors (Lipinski definition) is 0. The lowest BCUT2D eigenvalue weighted by Crippen LogP contribution is -2.64. The van der Waals surface area contributed by atoms with Crippen LogP contribution in [0.4, 0.5) is 0 Å². The van der Waals surface area contributed by atoms with E-state index in [1.807, 2.05) is 0 Å². The third kappa shape index (κ3) is 8.61. The molecule has 0 atom stereocenters. The molecule has 0 aromatic rings. The summed E-state index contributed by atoms with van der Waals surface area (Å²) in [6.07, 6.45) is 2.08. The van der Waals surface area contributed by atoms with Crippen LogP contribution < -0.4 is 0 Å². The predicted octanol–water partition coefficient (Wildman–Crippen LogP) is 9.68. The second-order valence-electron chi connectivity index (χ2n) is 9.89. The minimum absolute atomic E-state index is 0.965. The molecule has 0 rings (SSSR count). The molecule has 0 aliphatic rings. The lowest BCUT2D eigenvalue weighted by atomic mass is 10.8. The van der Waals surface area contributed by atoms with Crippen LogP contribution in [0.2, 0.25) is 72.5 Å². The lowest BCUT2D eigenvalue weighted by Gasteiger charge is -2.49. The molecule has 204 valence electrons. The van der Waals surface area contributed by atoms with Crippen LogP contribution in [0.25, 0.3) is 0 Å². The maximum absolute atomic E-state index is 7.41. The standard InChI is InChI=1S/C25H60O4Si5/c1-13-25-31(17-5,18-6)27-33(21-9,22-10)29-34(23-11,24-12)28-32(19-7,20-8)26-30(14-2,15-3)16-4/h13H,1,14-25H2,2-12H3. The fourth-order valence-electron chi connectivity index (χ4n) is 5.10. The van der Waals surface area contributed by atoms with Crippen LogP contribution in [0.5, 0.6) is 0 Å². The van der Waals surface area contributed by atoms with E-state index in [9.17, 15) is 0 Å². The Labute approximate surface area is 219 Å². The first kappa shape index (κ1) is 34.7. The first-order valence-corrected chi connectivity index (χ1v) is 26.2. The number of hydrogen-bond acceptors (Lipinski definition) is 4. The molecule has 0 saturated heterocycles. The van der Waals surface area contributed by atoms with Crippen LogP contribution in [0.1, 0.15) is 76.2 Å². The van der Waals surface area contributed by atoms with Crippen molar-refractivity contribution < 1.29 is 16.5 Å². The molecule has 4 nitrogen and oxygen atoms in total. The van der Waals surface area contributed by atoms with Crippen molar-refractivity contribution in [3.05, 3.63) is 12.7 Å². The van der Waals surface area contributed by atoms with Gasteiger partial charge in [-0.2, -0.15) is 0 Å². The summed E-state index contributed by atoms with van der Waals surface area (Å²) < 4.78 is 29.4. The van der Waals surface area contributed by atoms with Crippen LogP contribution in [0.3, 0.4) is 0 Å². The van der Waals surface area contributed by atoms with E-state index in [1.54, 1.807) is 0 Å². The third-order valence-electron chi connectivity index (χ3n) is 8.52. The predicted molar refractivity (Wildman–Crippen MR) is 163 cm³/mol. The Balaban J connectivity index is 6.38. The molecule has 0 spiro atoms. The smallest absolute Gasteiger partial charge is 0.320 e. The van der Waals surface area contributed by atoms with Gasteiger partial charge < -0.3 is 16.5 Å². The molecule has 0 unspecified atom stereocenters. The van der Waals surface area contributed by atoms with Crippen LogP contribution in [-0.2, 0) is 16.5 Å². The van der Waals surface area contributed by atoms with Gasteiger partial charge in [0.1, 0.15) is 0 Å². The van der Waals surface area contributed by atoms with Gasteiger partial charge in [-0.25, -0.2) is 0 Å². The summed E-state index contributed by atoms with van der Waals surface area (Å²) >= 11 is 0. The van der Waals surface area contributed by atoms with Gasteiger partial charge in [0.15, 0.2) is 16.6 Å². The average molecular weight is 565 g/mol. The van der Waals surface area contributed by atoms with Gasteiger partial charge in [0, 0.05) is 0 Å². The average Bonchev–Trinajstić information content (AvgIpc) is 2.90. The summed E-state index contributed by atoms with van der Waals surface area (Å²) in [6.45, 7) is 29.3. The molecule has 0 aliphatic heterocycles. The molecule has 0 radical (unpaired) electrons. The largest absolute Gasteiger partial charge is 0.436 e. The first-order valence-electron chi connectivity index (χ1n) is 14.5. The van der Waals surface area contributed by atoms with Crippen molar-refractivity contribution in [1.82, 2.24) is 0 Å². The Hall–Kier alpha value is 0.664. The molecule has 0 amide bonds. The van der Waals surface area contributed by atoms with E-state index in [0.717, 1.165) is 54.4 Å². The normalized spacial score (nSPS) is 14.0. The molecule has 0 fully saturated rings. The second-order valence-corrected chi connectivity index (χ2v) is 31.5. The van der Waals surface area contributed by atoms with Crippen molar-refractivity contribution in [2.75, 3.05) is 0 Å². The molecule has 0 aromatic carbocycles. The summed E-state index contributed by atoms with van der Waals surface area (Å²) in [4.78, 5) is 0. The molecule has 0 bridgehead atoms. The van der Waals surface area contributed by atoms with Crippen LogP contribution in [0.15, 0.2) is 12.7 Å².